The highest BCUT2D eigenvalue weighted by atomic mass is 16.2. The minimum atomic E-state index is -0.300. The van der Waals surface area contributed by atoms with E-state index in [1.165, 1.54) is 44.2 Å². The fourth-order valence-corrected chi connectivity index (χ4v) is 3.09. The van der Waals surface area contributed by atoms with Crippen LogP contribution in [0.25, 0.3) is 0 Å². The van der Waals surface area contributed by atoms with Gasteiger partial charge in [-0.25, -0.2) is 5.10 Å². The van der Waals surface area contributed by atoms with E-state index in [9.17, 15) is 9.59 Å². The van der Waals surface area contributed by atoms with Crippen molar-refractivity contribution >= 4 is 5.91 Å². The summed E-state index contributed by atoms with van der Waals surface area (Å²) in [5, 5.41) is 9.23. The highest BCUT2D eigenvalue weighted by Crippen LogP contribution is 2.32. The quantitative estimate of drug-likeness (QED) is 0.898. The molecule has 1 aromatic rings. The van der Waals surface area contributed by atoms with Crippen LogP contribution in [-0.2, 0) is 0 Å². The zero-order chi connectivity index (χ0) is 16.2. The van der Waals surface area contributed by atoms with Crippen LogP contribution in [0.2, 0.25) is 0 Å². The molecule has 1 aromatic heterocycles. The third-order valence-electron chi connectivity index (χ3n) is 4.56. The van der Waals surface area contributed by atoms with E-state index in [2.05, 4.69) is 36.3 Å². The molecule has 1 heterocycles. The normalized spacial score (nSPS) is 18.0. The van der Waals surface area contributed by atoms with Crippen molar-refractivity contribution in [2.45, 2.75) is 65.3 Å². The summed E-state index contributed by atoms with van der Waals surface area (Å²) >= 11 is 0. The van der Waals surface area contributed by atoms with Crippen LogP contribution in [0, 0.1) is 11.3 Å². The molecule has 5 heteroatoms. The molecular formula is C17H27N3O2. The molecule has 1 saturated carbocycles. The summed E-state index contributed by atoms with van der Waals surface area (Å²) in [5.41, 5.74) is -0.0430. The van der Waals surface area contributed by atoms with Crippen molar-refractivity contribution in [3.63, 3.8) is 0 Å². The van der Waals surface area contributed by atoms with Crippen molar-refractivity contribution < 1.29 is 4.79 Å². The highest BCUT2D eigenvalue weighted by Gasteiger charge is 2.30. The second-order valence-corrected chi connectivity index (χ2v) is 7.44. The molecule has 2 N–H and O–H groups in total. The average Bonchev–Trinajstić information content (AvgIpc) is 2.47. The predicted octanol–water partition coefficient (Wildman–Crippen LogP) is 2.88. The molecule has 22 heavy (non-hydrogen) atoms. The van der Waals surface area contributed by atoms with Crippen molar-refractivity contribution in [1.82, 2.24) is 15.5 Å². The maximum Gasteiger partial charge on any atom is 0.271 e. The summed E-state index contributed by atoms with van der Waals surface area (Å²) < 4.78 is 0. The number of aromatic amines is 1. The number of nitrogens with one attached hydrogen (secondary N) is 2. The average molecular weight is 305 g/mol. The predicted molar refractivity (Wildman–Crippen MR) is 86.8 cm³/mol. The van der Waals surface area contributed by atoms with Gasteiger partial charge in [-0.3, -0.25) is 9.59 Å². The minimum Gasteiger partial charge on any atom is -0.347 e. The maximum absolute atomic E-state index is 12.4. The van der Waals surface area contributed by atoms with Crippen LogP contribution >= 0.6 is 0 Å². The van der Waals surface area contributed by atoms with E-state index < -0.39 is 0 Å². The molecule has 0 spiro atoms. The maximum atomic E-state index is 12.4. The fraction of sp³-hybridized carbons (Fsp3) is 0.706. The Balaban J connectivity index is 2.04. The van der Waals surface area contributed by atoms with Crippen LogP contribution in [-0.4, -0.2) is 22.1 Å². The number of rotatable bonds is 4. The smallest absolute Gasteiger partial charge is 0.271 e. The first-order chi connectivity index (χ1) is 10.4. The monoisotopic (exact) mass is 305 g/mol. The van der Waals surface area contributed by atoms with E-state index in [4.69, 9.17) is 0 Å². The van der Waals surface area contributed by atoms with E-state index >= 15 is 0 Å². The van der Waals surface area contributed by atoms with Gasteiger partial charge in [0.15, 0.2) is 0 Å². The summed E-state index contributed by atoms with van der Waals surface area (Å²) in [6.07, 6.45) is 7.48. The van der Waals surface area contributed by atoms with E-state index in [0.29, 0.717) is 5.92 Å². The van der Waals surface area contributed by atoms with E-state index in [1.807, 2.05) is 0 Å². The minimum absolute atomic E-state index is 0.00467. The van der Waals surface area contributed by atoms with E-state index in [-0.39, 0.29) is 28.6 Å². The largest absolute Gasteiger partial charge is 0.347 e. The van der Waals surface area contributed by atoms with Gasteiger partial charge in [-0.15, -0.1) is 0 Å². The fourth-order valence-electron chi connectivity index (χ4n) is 3.09. The molecule has 1 amide bonds. The Bertz CT molecular complexity index is 533. The first kappa shape index (κ1) is 16.7. The number of hydrogen-bond acceptors (Lipinski definition) is 3. The molecule has 1 aliphatic carbocycles. The summed E-state index contributed by atoms with van der Waals surface area (Å²) in [5.74, 6) is 0.480. The lowest BCUT2D eigenvalue weighted by Crippen LogP contribution is -2.45. The molecule has 1 fully saturated rings. The van der Waals surface area contributed by atoms with Crippen LogP contribution in [0.4, 0.5) is 0 Å². The number of amides is 1. The van der Waals surface area contributed by atoms with Gasteiger partial charge in [-0.05, 0) is 23.8 Å². The second kappa shape index (κ2) is 7.07. The molecule has 0 radical (unpaired) electrons. The van der Waals surface area contributed by atoms with Gasteiger partial charge in [0.25, 0.3) is 11.5 Å². The first-order valence-corrected chi connectivity index (χ1v) is 8.23. The molecule has 0 unspecified atom stereocenters. The lowest BCUT2D eigenvalue weighted by molar-refractivity contribution is 0.0875. The number of aromatic nitrogens is 2. The number of hydrogen-bond donors (Lipinski definition) is 2. The molecule has 1 aliphatic rings. The molecule has 122 valence electrons. The third kappa shape index (κ3) is 4.68. The number of carbonyl (C=O) groups excluding carboxylic acids is 1. The zero-order valence-corrected chi connectivity index (χ0v) is 13.8. The van der Waals surface area contributed by atoms with Gasteiger partial charge in [0.1, 0.15) is 5.69 Å². The Morgan fingerprint density at radius 3 is 2.55 bits per heavy atom. The zero-order valence-electron chi connectivity index (χ0n) is 13.8. The SMILES string of the molecule is CC(C)(C)[C@@H](CC1CCCCC1)NC(=O)c1ccc(=O)[nH]n1. The van der Waals surface area contributed by atoms with Crippen LogP contribution in [0.3, 0.4) is 0 Å². The van der Waals surface area contributed by atoms with Crippen LogP contribution < -0.4 is 10.9 Å². The number of carbonyl (C=O) groups is 1. The number of H-pyrrole nitrogens is 1. The van der Waals surface area contributed by atoms with Gasteiger partial charge >= 0.3 is 0 Å². The third-order valence-corrected chi connectivity index (χ3v) is 4.56. The Labute approximate surface area is 131 Å². The Hall–Kier alpha value is -1.65. The summed E-state index contributed by atoms with van der Waals surface area (Å²) in [6, 6.07) is 2.90. The summed E-state index contributed by atoms with van der Waals surface area (Å²) in [4.78, 5) is 23.4. The highest BCUT2D eigenvalue weighted by molar-refractivity contribution is 5.92. The van der Waals surface area contributed by atoms with Crippen molar-refractivity contribution in [3.05, 3.63) is 28.2 Å². The van der Waals surface area contributed by atoms with Crippen molar-refractivity contribution in [2.24, 2.45) is 11.3 Å². The molecular weight excluding hydrogens is 278 g/mol. The Kier molecular flexibility index (Phi) is 5.37. The van der Waals surface area contributed by atoms with Gasteiger partial charge in [-0.2, -0.15) is 5.10 Å². The topological polar surface area (TPSA) is 74.8 Å². The van der Waals surface area contributed by atoms with Gasteiger partial charge < -0.3 is 5.32 Å². The van der Waals surface area contributed by atoms with Crippen LogP contribution in [0.15, 0.2) is 16.9 Å². The molecule has 0 aliphatic heterocycles. The second-order valence-electron chi connectivity index (χ2n) is 7.44. The van der Waals surface area contributed by atoms with E-state index in [1.54, 1.807) is 0 Å². The lowest BCUT2D eigenvalue weighted by atomic mass is 9.77. The van der Waals surface area contributed by atoms with Crippen molar-refractivity contribution in [1.29, 1.82) is 0 Å². The summed E-state index contributed by atoms with van der Waals surface area (Å²) in [7, 11) is 0. The summed E-state index contributed by atoms with van der Waals surface area (Å²) in [6.45, 7) is 6.46. The van der Waals surface area contributed by atoms with Crippen molar-refractivity contribution in [3.8, 4) is 0 Å². The van der Waals surface area contributed by atoms with E-state index in [0.717, 1.165) is 6.42 Å². The molecule has 5 nitrogen and oxygen atoms in total. The van der Waals surface area contributed by atoms with Gasteiger partial charge in [0.05, 0.1) is 0 Å². The lowest BCUT2D eigenvalue weighted by Gasteiger charge is -2.35. The van der Waals surface area contributed by atoms with Crippen molar-refractivity contribution in [2.75, 3.05) is 0 Å². The standard InChI is InChI=1S/C17H27N3O2/c1-17(2,3)14(11-12-7-5-4-6-8-12)18-16(22)13-9-10-15(21)20-19-13/h9-10,12,14H,4-8,11H2,1-3H3,(H,18,22)(H,20,21)/t14-/m1/s1. The van der Waals surface area contributed by atoms with Gasteiger partial charge in [0, 0.05) is 12.1 Å². The molecule has 0 bridgehead atoms. The Morgan fingerprint density at radius 2 is 2.00 bits per heavy atom. The Morgan fingerprint density at radius 1 is 1.32 bits per heavy atom. The van der Waals surface area contributed by atoms with Crippen LogP contribution in [0.5, 0.6) is 0 Å². The van der Waals surface area contributed by atoms with Gasteiger partial charge in [0.2, 0.25) is 0 Å². The molecule has 0 saturated heterocycles. The number of nitrogens with zero attached hydrogens (tertiary/aromatic N) is 1. The molecule has 0 aromatic carbocycles. The first-order valence-electron chi connectivity index (χ1n) is 8.23. The van der Waals surface area contributed by atoms with Crippen LogP contribution in [0.1, 0.15) is 69.8 Å². The molecule has 1 atom stereocenters. The van der Waals surface area contributed by atoms with Gasteiger partial charge in [-0.1, -0.05) is 52.9 Å². The molecule has 2 rings (SSSR count).